The summed E-state index contributed by atoms with van der Waals surface area (Å²) in [5.41, 5.74) is 1.38. The van der Waals surface area contributed by atoms with Crippen molar-refractivity contribution in [1.29, 1.82) is 0 Å². The smallest absolute Gasteiger partial charge is 0.0346 e. The monoisotopic (exact) mass is 298 g/mol. The number of rotatable bonds is 4. The highest BCUT2D eigenvalue weighted by Crippen LogP contribution is 2.15. The molecular formula is C20H30N2. The number of hydrogen-bond acceptors (Lipinski definition) is 2. The van der Waals surface area contributed by atoms with Gasteiger partial charge in [-0.2, -0.15) is 0 Å². The Balaban J connectivity index is 0.000000164. The van der Waals surface area contributed by atoms with Gasteiger partial charge >= 0.3 is 0 Å². The van der Waals surface area contributed by atoms with Gasteiger partial charge in [-0.1, -0.05) is 45.4 Å². The normalized spacial score (nSPS) is 18.2. The number of hydrogen-bond donors (Lipinski definition) is 0. The van der Waals surface area contributed by atoms with E-state index in [2.05, 4.69) is 54.9 Å². The Hall–Kier alpha value is -1.41. The molecule has 0 saturated carbocycles. The molecule has 1 aromatic heterocycles. The molecule has 0 N–H and O–H groups in total. The molecule has 120 valence electrons. The fourth-order valence-corrected chi connectivity index (χ4v) is 2.96. The summed E-state index contributed by atoms with van der Waals surface area (Å²) >= 11 is 0. The molecule has 2 heterocycles. The minimum absolute atomic E-state index is 0.955. The van der Waals surface area contributed by atoms with Gasteiger partial charge in [0.2, 0.25) is 0 Å². The molecule has 0 amide bonds. The van der Waals surface area contributed by atoms with Gasteiger partial charge in [0.1, 0.15) is 0 Å². The van der Waals surface area contributed by atoms with Gasteiger partial charge in [-0.25, -0.2) is 0 Å². The fourth-order valence-electron chi connectivity index (χ4n) is 2.96. The summed E-state index contributed by atoms with van der Waals surface area (Å²) in [5.74, 6) is 0.955. The van der Waals surface area contributed by atoms with Crippen LogP contribution in [0.2, 0.25) is 0 Å². The summed E-state index contributed by atoms with van der Waals surface area (Å²) < 4.78 is 0. The van der Waals surface area contributed by atoms with Crippen molar-refractivity contribution in [2.24, 2.45) is 5.92 Å². The van der Waals surface area contributed by atoms with Crippen molar-refractivity contribution in [3.05, 3.63) is 42.2 Å². The van der Waals surface area contributed by atoms with Crippen molar-refractivity contribution in [1.82, 2.24) is 9.88 Å². The van der Waals surface area contributed by atoms with Crippen LogP contribution < -0.4 is 0 Å². The van der Waals surface area contributed by atoms with Gasteiger partial charge in [-0.15, -0.1) is 0 Å². The molecule has 0 radical (unpaired) electrons. The van der Waals surface area contributed by atoms with E-state index in [1.807, 2.05) is 12.4 Å². The fraction of sp³-hybridized carbons (Fsp3) is 0.550. The molecule has 3 rings (SSSR count). The van der Waals surface area contributed by atoms with Crippen molar-refractivity contribution in [3.63, 3.8) is 0 Å². The summed E-state index contributed by atoms with van der Waals surface area (Å²) in [6.07, 6.45) is 8.97. The third kappa shape index (κ3) is 5.10. The van der Waals surface area contributed by atoms with E-state index < -0.39 is 0 Å². The topological polar surface area (TPSA) is 16.1 Å². The number of fused-ring (bicyclic) bond motifs is 1. The molecule has 1 atom stereocenters. The van der Waals surface area contributed by atoms with Crippen LogP contribution in [0.4, 0.5) is 0 Å². The molecule has 1 saturated heterocycles. The molecule has 1 aliphatic rings. The van der Waals surface area contributed by atoms with Crippen LogP contribution in [0.1, 0.15) is 45.6 Å². The number of pyridine rings is 1. The van der Waals surface area contributed by atoms with Crippen LogP contribution in [0, 0.1) is 5.92 Å². The van der Waals surface area contributed by atoms with E-state index in [9.17, 15) is 0 Å². The number of nitrogens with zero attached hydrogens (tertiary/aromatic N) is 2. The lowest BCUT2D eigenvalue weighted by atomic mass is 10.1. The SMILES string of the molecule is CCCCN1CC[C@@H](C)C1.CCc1ccc2cnccc2c1. The minimum Gasteiger partial charge on any atom is -0.303 e. The van der Waals surface area contributed by atoms with Gasteiger partial charge in [0.15, 0.2) is 0 Å². The van der Waals surface area contributed by atoms with Crippen LogP contribution in [-0.4, -0.2) is 29.5 Å². The molecular weight excluding hydrogens is 268 g/mol. The maximum Gasteiger partial charge on any atom is 0.0346 e. The molecule has 2 heteroatoms. The van der Waals surface area contributed by atoms with Gasteiger partial charge in [0.25, 0.3) is 0 Å². The van der Waals surface area contributed by atoms with Crippen LogP contribution in [-0.2, 0) is 6.42 Å². The van der Waals surface area contributed by atoms with Gasteiger partial charge in [-0.05, 0) is 55.3 Å². The Morgan fingerprint density at radius 1 is 1.18 bits per heavy atom. The molecule has 0 unspecified atom stereocenters. The summed E-state index contributed by atoms with van der Waals surface area (Å²) in [6, 6.07) is 8.55. The van der Waals surface area contributed by atoms with E-state index in [1.165, 1.54) is 55.2 Å². The zero-order chi connectivity index (χ0) is 15.8. The van der Waals surface area contributed by atoms with Crippen LogP contribution in [0.15, 0.2) is 36.7 Å². The van der Waals surface area contributed by atoms with Gasteiger partial charge < -0.3 is 4.90 Å². The summed E-state index contributed by atoms with van der Waals surface area (Å²) in [5, 5.41) is 2.50. The molecule has 0 bridgehead atoms. The molecule has 22 heavy (non-hydrogen) atoms. The Kier molecular flexibility index (Phi) is 6.85. The zero-order valence-electron chi connectivity index (χ0n) is 14.4. The molecule has 1 aliphatic heterocycles. The minimum atomic E-state index is 0.955. The predicted octanol–water partition coefficient (Wildman–Crippen LogP) is 4.93. The van der Waals surface area contributed by atoms with Crippen molar-refractivity contribution in [2.75, 3.05) is 19.6 Å². The maximum absolute atomic E-state index is 4.07. The first-order valence-corrected chi connectivity index (χ1v) is 8.78. The predicted molar refractivity (Wildman–Crippen MR) is 96.3 cm³/mol. The molecule has 1 fully saturated rings. The van der Waals surface area contributed by atoms with Crippen LogP contribution in [0.25, 0.3) is 10.8 Å². The summed E-state index contributed by atoms with van der Waals surface area (Å²) in [4.78, 5) is 6.66. The molecule has 2 aromatic rings. The summed E-state index contributed by atoms with van der Waals surface area (Å²) in [7, 11) is 0. The lowest BCUT2D eigenvalue weighted by molar-refractivity contribution is 0.322. The molecule has 1 aromatic carbocycles. The average molecular weight is 298 g/mol. The van der Waals surface area contributed by atoms with Crippen molar-refractivity contribution in [3.8, 4) is 0 Å². The van der Waals surface area contributed by atoms with E-state index in [0.717, 1.165) is 12.3 Å². The number of unbranched alkanes of at least 4 members (excludes halogenated alkanes) is 1. The van der Waals surface area contributed by atoms with Crippen LogP contribution in [0.5, 0.6) is 0 Å². The number of benzene rings is 1. The largest absolute Gasteiger partial charge is 0.303 e. The molecule has 0 spiro atoms. The number of likely N-dealkylation sites (tertiary alicyclic amines) is 1. The van der Waals surface area contributed by atoms with Gasteiger partial charge in [-0.3, -0.25) is 4.98 Å². The van der Waals surface area contributed by atoms with Crippen molar-refractivity contribution in [2.45, 2.75) is 46.5 Å². The van der Waals surface area contributed by atoms with E-state index in [0.29, 0.717) is 0 Å². The number of aromatic nitrogens is 1. The van der Waals surface area contributed by atoms with E-state index >= 15 is 0 Å². The van der Waals surface area contributed by atoms with E-state index in [-0.39, 0.29) is 0 Å². The maximum atomic E-state index is 4.07. The van der Waals surface area contributed by atoms with Crippen LogP contribution >= 0.6 is 0 Å². The lowest BCUT2D eigenvalue weighted by Gasteiger charge is -2.13. The van der Waals surface area contributed by atoms with E-state index in [1.54, 1.807) is 0 Å². The Labute approximate surface area is 135 Å². The highest BCUT2D eigenvalue weighted by Gasteiger charge is 2.16. The lowest BCUT2D eigenvalue weighted by Crippen LogP contribution is -2.21. The van der Waals surface area contributed by atoms with Gasteiger partial charge in [0, 0.05) is 24.3 Å². The first kappa shape index (κ1) is 17.0. The standard InChI is InChI=1S/C11H11N.C9H19N/c1-2-9-3-4-11-8-12-6-5-10(11)7-9;1-3-4-6-10-7-5-9(2)8-10/h3-8H,2H2,1H3;9H,3-8H2,1-2H3/t;9-/m.1/s1. The van der Waals surface area contributed by atoms with E-state index in [4.69, 9.17) is 0 Å². The highest BCUT2D eigenvalue weighted by molar-refractivity contribution is 5.81. The molecule has 0 aliphatic carbocycles. The average Bonchev–Trinajstić information content (AvgIpc) is 2.98. The van der Waals surface area contributed by atoms with Gasteiger partial charge in [0.05, 0.1) is 0 Å². The number of aryl methyl sites for hydroxylation is 1. The third-order valence-electron chi connectivity index (χ3n) is 4.45. The zero-order valence-corrected chi connectivity index (χ0v) is 14.4. The second kappa shape index (κ2) is 8.89. The second-order valence-electron chi connectivity index (χ2n) is 6.46. The first-order valence-electron chi connectivity index (χ1n) is 8.78. The Morgan fingerprint density at radius 2 is 2.05 bits per heavy atom. The van der Waals surface area contributed by atoms with Crippen molar-refractivity contribution >= 4 is 10.8 Å². The Bertz CT molecular complexity index is 564. The quantitative estimate of drug-likeness (QED) is 0.796. The van der Waals surface area contributed by atoms with Crippen LogP contribution in [0.3, 0.4) is 0 Å². The molecule has 2 nitrogen and oxygen atoms in total. The highest BCUT2D eigenvalue weighted by atomic mass is 15.1. The third-order valence-corrected chi connectivity index (χ3v) is 4.45. The second-order valence-corrected chi connectivity index (χ2v) is 6.46. The Morgan fingerprint density at radius 3 is 2.73 bits per heavy atom. The van der Waals surface area contributed by atoms with Crippen molar-refractivity contribution < 1.29 is 0 Å². The summed E-state index contributed by atoms with van der Waals surface area (Å²) in [6.45, 7) is 10.8. The first-order chi connectivity index (χ1) is 10.7.